The largest absolute Gasteiger partial charge is 0.381 e. The van der Waals surface area contributed by atoms with Gasteiger partial charge in [-0.05, 0) is 87.0 Å². The molecule has 1 aliphatic heterocycles. The third-order valence-electron chi connectivity index (χ3n) is 6.84. The average molecular weight is 277 g/mol. The molecule has 0 amide bonds. The fourth-order valence-corrected chi connectivity index (χ4v) is 5.98. The van der Waals surface area contributed by atoms with Gasteiger partial charge < -0.3 is 10.1 Å². The van der Waals surface area contributed by atoms with Crippen LogP contribution in [0.1, 0.15) is 51.9 Å². The van der Waals surface area contributed by atoms with E-state index in [1.165, 1.54) is 32.2 Å². The molecule has 0 aromatic heterocycles. The highest BCUT2D eigenvalue weighted by Crippen LogP contribution is 2.70. The van der Waals surface area contributed by atoms with E-state index in [2.05, 4.69) is 12.2 Å². The summed E-state index contributed by atoms with van der Waals surface area (Å²) < 4.78 is 5.54. The standard InChI is InChI=1S/C18H31NO/c1-2-7-19-15(10-12-5-8-20-9-6-12)18-16-13-3-4-14(11-13)17(16)18/h12-19H,2-11H2,1H3. The Morgan fingerprint density at radius 2 is 1.75 bits per heavy atom. The molecule has 5 atom stereocenters. The van der Waals surface area contributed by atoms with Gasteiger partial charge in [0.05, 0.1) is 0 Å². The fraction of sp³-hybridized carbons (Fsp3) is 1.00. The Hall–Kier alpha value is -0.0800. The molecule has 4 fully saturated rings. The van der Waals surface area contributed by atoms with Crippen LogP contribution >= 0.6 is 0 Å². The van der Waals surface area contributed by atoms with E-state index in [1.807, 2.05) is 0 Å². The monoisotopic (exact) mass is 277 g/mol. The SMILES string of the molecule is CCCNC(CC1CCOCC1)C1C2C3CCC(C3)C21. The first-order chi connectivity index (χ1) is 9.88. The van der Waals surface area contributed by atoms with Gasteiger partial charge in [-0.2, -0.15) is 0 Å². The number of fused-ring (bicyclic) bond motifs is 5. The Morgan fingerprint density at radius 3 is 2.40 bits per heavy atom. The predicted molar refractivity (Wildman–Crippen MR) is 81.5 cm³/mol. The molecule has 3 saturated carbocycles. The van der Waals surface area contributed by atoms with E-state index in [1.54, 1.807) is 19.3 Å². The maximum atomic E-state index is 5.54. The second-order valence-electron chi connectivity index (χ2n) is 7.92. The Labute approximate surface area is 124 Å². The lowest BCUT2D eigenvalue weighted by molar-refractivity contribution is 0.0588. The molecule has 20 heavy (non-hydrogen) atoms. The highest BCUT2D eigenvalue weighted by molar-refractivity contribution is 5.15. The minimum Gasteiger partial charge on any atom is -0.381 e. The lowest BCUT2D eigenvalue weighted by atomic mass is 9.87. The topological polar surface area (TPSA) is 21.3 Å². The third kappa shape index (κ3) is 2.33. The van der Waals surface area contributed by atoms with Crippen LogP contribution in [-0.2, 0) is 4.74 Å². The van der Waals surface area contributed by atoms with E-state index in [-0.39, 0.29) is 0 Å². The van der Waals surface area contributed by atoms with Gasteiger partial charge in [0.25, 0.3) is 0 Å². The van der Waals surface area contributed by atoms with E-state index >= 15 is 0 Å². The third-order valence-corrected chi connectivity index (χ3v) is 6.84. The summed E-state index contributed by atoms with van der Waals surface area (Å²) in [5.74, 6) is 6.48. The van der Waals surface area contributed by atoms with Gasteiger partial charge >= 0.3 is 0 Å². The molecule has 0 aromatic carbocycles. The average Bonchev–Trinajstić information content (AvgIpc) is 2.91. The Kier molecular flexibility index (Phi) is 3.80. The molecule has 3 aliphatic carbocycles. The maximum Gasteiger partial charge on any atom is 0.0468 e. The van der Waals surface area contributed by atoms with Crippen molar-refractivity contribution >= 4 is 0 Å². The van der Waals surface area contributed by atoms with E-state index < -0.39 is 0 Å². The molecular weight excluding hydrogens is 246 g/mol. The first-order valence-electron chi connectivity index (χ1n) is 9.19. The van der Waals surface area contributed by atoms with Gasteiger partial charge in [0, 0.05) is 19.3 Å². The number of hydrogen-bond donors (Lipinski definition) is 1. The van der Waals surface area contributed by atoms with Crippen molar-refractivity contribution in [2.75, 3.05) is 19.8 Å². The summed E-state index contributed by atoms with van der Waals surface area (Å²) in [5.41, 5.74) is 0. The zero-order chi connectivity index (χ0) is 13.5. The highest BCUT2D eigenvalue weighted by Gasteiger charge is 2.66. The van der Waals surface area contributed by atoms with Crippen LogP contribution in [0.15, 0.2) is 0 Å². The second-order valence-corrected chi connectivity index (χ2v) is 7.92. The molecule has 4 aliphatic rings. The van der Waals surface area contributed by atoms with Crippen molar-refractivity contribution in [1.82, 2.24) is 5.32 Å². The molecule has 0 radical (unpaired) electrons. The van der Waals surface area contributed by atoms with E-state index in [0.717, 1.165) is 54.8 Å². The van der Waals surface area contributed by atoms with Gasteiger partial charge in [0.2, 0.25) is 0 Å². The Balaban J connectivity index is 1.38. The summed E-state index contributed by atoms with van der Waals surface area (Å²) >= 11 is 0. The molecular formula is C18H31NO. The lowest BCUT2D eigenvalue weighted by Gasteiger charge is -2.29. The van der Waals surface area contributed by atoms with Crippen molar-refractivity contribution < 1.29 is 4.74 Å². The highest BCUT2D eigenvalue weighted by atomic mass is 16.5. The minimum absolute atomic E-state index is 0.830. The maximum absolute atomic E-state index is 5.54. The lowest BCUT2D eigenvalue weighted by Crippen LogP contribution is -2.36. The van der Waals surface area contributed by atoms with E-state index in [0.29, 0.717) is 0 Å². The van der Waals surface area contributed by atoms with Crippen LogP contribution in [-0.4, -0.2) is 25.8 Å². The minimum atomic E-state index is 0.830. The van der Waals surface area contributed by atoms with Crippen LogP contribution in [0.3, 0.4) is 0 Å². The Morgan fingerprint density at radius 1 is 1.05 bits per heavy atom. The summed E-state index contributed by atoms with van der Waals surface area (Å²) in [7, 11) is 0. The van der Waals surface area contributed by atoms with Crippen molar-refractivity contribution in [1.29, 1.82) is 0 Å². The molecule has 1 heterocycles. The van der Waals surface area contributed by atoms with Gasteiger partial charge in [-0.1, -0.05) is 6.92 Å². The summed E-state index contributed by atoms with van der Waals surface area (Å²) in [5, 5.41) is 3.94. The van der Waals surface area contributed by atoms with E-state index in [9.17, 15) is 0 Å². The molecule has 0 aromatic rings. The van der Waals surface area contributed by atoms with Gasteiger partial charge in [-0.25, -0.2) is 0 Å². The summed E-state index contributed by atoms with van der Waals surface area (Å²) in [6, 6.07) is 0.830. The van der Waals surface area contributed by atoms with Crippen molar-refractivity contribution in [2.24, 2.45) is 35.5 Å². The number of ether oxygens (including phenoxy) is 1. The molecule has 2 heteroatoms. The zero-order valence-corrected chi connectivity index (χ0v) is 13.0. The number of nitrogens with one attached hydrogen (secondary N) is 1. The van der Waals surface area contributed by atoms with Gasteiger partial charge in [0.15, 0.2) is 0 Å². The first kappa shape index (κ1) is 13.6. The van der Waals surface area contributed by atoms with E-state index in [4.69, 9.17) is 4.74 Å². The number of rotatable bonds is 6. The first-order valence-corrected chi connectivity index (χ1v) is 9.19. The molecule has 1 N–H and O–H groups in total. The van der Waals surface area contributed by atoms with Crippen molar-refractivity contribution in [3.05, 3.63) is 0 Å². The van der Waals surface area contributed by atoms with Crippen molar-refractivity contribution in [3.8, 4) is 0 Å². The fourth-order valence-electron chi connectivity index (χ4n) is 5.98. The van der Waals surface area contributed by atoms with Crippen molar-refractivity contribution in [3.63, 3.8) is 0 Å². The summed E-state index contributed by atoms with van der Waals surface area (Å²) in [6.45, 7) is 5.54. The molecule has 4 rings (SSSR count). The van der Waals surface area contributed by atoms with Crippen molar-refractivity contribution in [2.45, 2.75) is 57.9 Å². The second kappa shape index (κ2) is 5.61. The van der Waals surface area contributed by atoms with Crippen LogP contribution < -0.4 is 5.32 Å². The number of hydrogen-bond acceptors (Lipinski definition) is 2. The normalized spacial score (nSPS) is 44.5. The van der Waals surface area contributed by atoms with Crippen LogP contribution in [0.5, 0.6) is 0 Å². The van der Waals surface area contributed by atoms with Gasteiger partial charge in [-0.15, -0.1) is 0 Å². The van der Waals surface area contributed by atoms with Crippen LogP contribution in [0.4, 0.5) is 0 Å². The molecule has 2 bridgehead atoms. The summed E-state index contributed by atoms with van der Waals surface area (Å²) in [6.07, 6.45) is 10.0. The molecule has 5 unspecified atom stereocenters. The van der Waals surface area contributed by atoms with Crippen LogP contribution in [0.25, 0.3) is 0 Å². The quantitative estimate of drug-likeness (QED) is 0.803. The molecule has 0 spiro atoms. The van der Waals surface area contributed by atoms with Gasteiger partial charge in [0.1, 0.15) is 0 Å². The molecule has 114 valence electrons. The van der Waals surface area contributed by atoms with Gasteiger partial charge in [-0.3, -0.25) is 0 Å². The molecule has 2 nitrogen and oxygen atoms in total. The predicted octanol–water partition coefficient (Wildman–Crippen LogP) is 3.46. The van der Waals surface area contributed by atoms with Crippen LogP contribution in [0.2, 0.25) is 0 Å². The zero-order valence-electron chi connectivity index (χ0n) is 13.0. The Bertz CT molecular complexity index is 322. The van der Waals surface area contributed by atoms with Crippen LogP contribution in [0, 0.1) is 35.5 Å². The smallest absolute Gasteiger partial charge is 0.0468 e. The summed E-state index contributed by atoms with van der Waals surface area (Å²) in [4.78, 5) is 0. The molecule has 1 saturated heterocycles.